The van der Waals surface area contributed by atoms with Crippen molar-refractivity contribution in [2.45, 2.75) is 18.7 Å². The van der Waals surface area contributed by atoms with Crippen molar-refractivity contribution < 1.29 is 17.9 Å². The Bertz CT molecular complexity index is 1030. The fourth-order valence-corrected chi connectivity index (χ4v) is 5.77. The number of ether oxygens (including phenoxy) is 2. The van der Waals surface area contributed by atoms with Crippen molar-refractivity contribution in [1.82, 2.24) is 14.5 Å². The van der Waals surface area contributed by atoms with Gasteiger partial charge in [0.05, 0.1) is 37.1 Å². The number of hydrogen-bond donors (Lipinski definition) is 0. The zero-order valence-electron chi connectivity index (χ0n) is 18.2. The van der Waals surface area contributed by atoms with Crippen LogP contribution in [0.3, 0.4) is 0 Å². The number of sulfonamides is 1. The standard InChI is InChI=1S/C21H29N5O4S/c1-16-17(2)20(5-4-19(16)29-3)31(27,28)26-8-6-24(7-9-26)18-14-21(23-22-15-18)25-10-12-30-13-11-25/h4-5,14-15H,6-13H2,1-3H3. The number of anilines is 2. The number of aromatic nitrogens is 2. The molecule has 10 heteroatoms. The highest BCUT2D eigenvalue weighted by atomic mass is 32.2. The Kier molecular flexibility index (Phi) is 6.31. The van der Waals surface area contributed by atoms with Gasteiger partial charge in [-0.3, -0.25) is 0 Å². The second kappa shape index (κ2) is 8.97. The lowest BCUT2D eigenvalue weighted by Crippen LogP contribution is -2.49. The van der Waals surface area contributed by atoms with Crippen LogP contribution in [0, 0.1) is 13.8 Å². The first-order valence-corrected chi connectivity index (χ1v) is 11.9. The fraction of sp³-hybridized carbons (Fsp3) is 0.524. The van der Waals surface area contributed by atoms with Gasteiger partial charge in [0.1, 0.15) is 5.75 Å². The first-order valence-electron chi connectivity index (χ1n) is 10.5. The van der Waals surface area contributed by atoms with E-state index in [0.29, 0.717) is 50.0 Å². The lowest BCUT2D eigenvalue weighted by atomic mass is 10.1. The molecule has 3 heterocycles. The van der Waals surface area contributed by atoms with E-state index in [0.717, 1.165) is 35.7 Å². The molecule has 4 rings (SSSR count). The summed E-state index contributed by atoms with van der Waals surface area (Å²) in [7, 11) is -1.98. The average Bonchev–Trinajstić information content (AvgIpc) is 2.81. The van der Waals surface area contributed by atoms with Crippen LogP contribution in [0.2, 0.25) is 0 Å². The fourth-order valence-electron chi connectivity index (χ4n) is 4.06. The van der Waals surface area contributed by atoms with Crippen molar-refractivity contribution in [3.8, 4) is 5.75 Å². The molecule has 0 atom stereocenters. The Labute approximate surface area is 183 Å². The summed E-state index contributed by atoms with van der Waals surface area (Å²) in [5.74, 6) is 1.53. The topological polar surface area (TPSA) is 88.1 Å². The predicted molar refractivity (Wildman–Crippen MR) is 119 cm³/mol. The van der Waals surface area contributed by atoms with E-state index >= 15 is 0 Å². The molecule has 0 N–H and O–H groups in total. The summed E-state index contributed by atoms with van der Waals surface area (Å²) in [5, 5.41) is 8.43. The van der Waals surface area contributed by atoms with Gasteiger partial charge < -0.3 is 19.3 Å². The smallest absolute Gasteiger partial charge is 0.243 e. The molecule has 1 aromatic heterocycles. The molecule has 0 unspecified atom stereocenters. The van der Waals surface area contributed by atoms with E-state index in [1.165, 1.54) is 0 Å². The van der Waals surface area contributed by atoms with Gasteiger partial charge in [-0.05, 0) is 37.1 Å². The molecule has 168 valence electrons. The molecule has 2 aromatic rings. The first kappa shape index (κ1) is 21.8. The summed E-state index contributed by atoms with van der Waals surface area (Å²) in [6.07, 6.45) is 1.74. The number of piperazine rings is 1. The molecule has 0 amide bonds. The highest BCUT2D eigenvalue weighted by Gasteiger charge is 2.31. The largest absolute Gasteiger partial charge is 0.496 e. The maximum Gasteiger partial charge on any atom is 0.243 e. The number of rotatable bonds is 5. The summed E-state index contributed by atoms with van der Waals surface area (Å²) < 4.78 is 38.9. The normalized spacial score (nSPS) is 18.3. The third-order valence-corrected chi connectivity index (χ3v) is 8.13. The van der Waals surface area contributed by atoms with Crippen LogP contribution in [-0.4, -0.2) is 82.5 Å². The quantitative estimate of drug-likeness (QED) is 0.681. The van der Waals surface area contributed by atoms with E-state index in [4.69, 9.17) is 9.47 Å². The molecule has 1 aromatic carbocycles. The minimum absolute atomic E-state index is 0.347. The summed E-state index contributed by atoms with van der Waals surface area (Å²) in [6, 6.07) is 5.39. The van der Waals surface area contributed by atoms with E-state index in [1.807, 2.05) is 19.9 Å². The number of benzene rings is 1. The molecular formula is C21H29N5O4S. The van der Waals surface area contributed by atoms with E-state index in [1.54, 1.807) is 29.7 Å². The summed E-state index contributed by atoms with van der Waals surface area (Å²) >= 11 is 0. The van der Waals surface area contributed by atoms with Gasteiger partial charge in [-0.1, -0.05) is 0 Å². The molecule has 31 heavy (non-hydrogen) atoms. The second-order valence-electron chi connectivity index (χ2n) is 7.78. The van der Waals surface area contributed by atoms with Gasteiger partial charge in [-0.25, -0.2) is 8.42 Å². The number of morpholine rings is 1. The van der Waals surface area contributed by atoms with Crippen molar-refractivity contribution in [2.24, 2.45) is 0 Å². The maximum absolute atomic E-state index is 13.3. The van der Waals surface area contributed by atoms with Gasteiger partial charge in [0.2, 0.25) is 10.0 Å². The predicted octanol–water partition coefficient (Wildman–Crippen LogP) is 1.45. The second-order valence-corrected chi connectivity index (χ2v) is 9.68. The van der Waals surface area contributed by atoms with Crippen LogP contribution in [0.25, 0.3) is 0 Å². The molecule has 0 aliphatic carbocycles. The van der Waals surface area contributed by atoms with Gasteiger partial charge >= 0.3 is 0 Å². The number of nitrogens with zero attached hydrogens (tertiary/aromatic N) is 5. The van der Waals surface area contributed by atoms with Gasteiger partial charge in [0.25, 0.3) is 0 Å². The van der Waals surface area contributed by atoms with Crippen molar-refractivity contribution in [3.63, 3.8) is 0 Å². The Morgan fingerprint density at radius 2 is 1.68 bits per heavy atom. The Hall–Kier alpha value is -2.43. The zero-order chi connectivity index (χ0) is 22.0. The number of methoxy groups -OCH3 is 1. The first-order chi connectivity index (χ1) is 14.9. The highest BCUT2D eigenvalue weighted by Crippen LogP contribution is 2.30. The summed E-state index contributed by atoms with van der Waals surface area (Å²) in [4.78, 5) is 4.67. The lowest BCUT2D eigenvalue weighted by molar-refractivity contribution is 0.122. The zero-order valence-corrected chi connectivity index (χ0v) is 19.1. The molecule has 9 nitrogen and oxygen atoms in total. The summed E-state index contributed by atoms with van der Waals surface area (Å²) in [6.45, 7) is 8.72. The Morgan fingerprint density at radius 1 is 0.968 bits per heavy atom. The number of hydrogen-bond acceptors (Lipinski definition) is 8. The van der Waals surface area contributed by atoms with Crippen molar-refractivity contribution in [2.75, 3.05) is 69.4 Å². The van der Waals surface area contributed by atoms with E-state index in [-0.39, 0.29) is 0 Å². The minimum atomic E-state index is -3.57. The highest BCUT2D eigenvalue weighted by molar-refractivity contribution is 7.89. The van der Waals surface area contributed by atoms with Crippen molar-refractivity contribution in [1.29, 1.82) is 0 Å². The van der Waals surface area contributed by atoms with Crippen LogP contribution in [0.1, 0.15) is 11.1 Å². The molecule has 0 radical (unpaired) electrons. The third kappa shape index (κ3) is 4.32. The monoisotopic (exact) mass is 447 g/mol. The lowest BCUT2D eigenvalue weighted by Gasteiger charge is -2.36. The summed E-state index contributed by atoms with van der Waals surface area (Å²) in [5.41, 5.74) is 2.54. The van der Waals surface area contributed by atoms with Crippen LogP contribution in [0.4, 0.5) is 11.5 Å². The maximum atomic E-state index is 13.3. The molecule has 2 fully saturated rings. The Morgan fingerprint density at radius 3 is 2.35 bits per heavy atom. The molecule has 2 aliphatic rings. The molecule has 0 spiro atoms. The van der Waals surface area contributed by atoms with E-state index < -0.39 is 10.0 Å². The Balaban J connectivity index is 1.47. The van der Waals surface area contributed by atoms with E-state index in [2.05, 4.69) is 20.0 Å². The van der Waals surface area contributed by atoms with E-state index in [9.17, 15) is 8.42 Å². The van der Waals surface area contributed by atoms with Crippen molar-refractivity contribution >= 4 is 21.5 Å². The third-order valence-electron chi connectivity index (χ3n) is 6.09. The van der Waals surface area contributed by atoms with Gasteiger partial charge in [0.15, 0.2) is 5.82 Å². The molecule has 0 bridgehead atoms. The molecular weight excluding hydrogens is 418 g/mol. The van der Waals surface area contributed by atoms with Crippen LogP contribution < -0.4 is 14.5 Å². The average molecular weight is 448 g/mol. The molecule has 2 saturated heterocycles. The SMILES string of the molecule is COc1ccc(S(=O)(=O)N2CCN(c3cnnc(N4CCOCC4)c3)CC2)c(C)c1C. The van der Waals surface area contributed by atoms with Gasteiger partial charge in [0, 0.05) is 45.3 Å². The van der Waals surface area contributed by atoms with Gasteiger partial charge in [-0.2, -0.15) is 9.40 Å². The van der Waals surface area contributed by atoms with Crippen molar-refractivity contribution in [3.05, 3.63) is 35.5 Å². The minimum Gasteiger partial charge on any atom is -0.496 e. The van der Waals surface area contributed by atoms with Crippen LogP contribution in [0.5, 0.6) is 5.75 Å². The van der Waals surface area contributed by atoms with Crippen LogP contribution in [0.15, 0.2) is 29.3 Å². The van der Waals surface area contributed by atoms with Crippen LogP contribution >= 0.6 is 0 Å². The van der Waals surface area contributed by atoms with Gasteiger partial charge in [-0.15, -0.1) is 5.10 Å². The van der Waals surface area contributed by atoms with Crippen LogP contribution in [-0.2, 0) is 14.8 Å². The molecule has 2 aliphatic heterocycles. The molecule has 0 saturated carbocycles.